The monoisotopic (exact) mass is 316 g/mol. The highest BCUT2D eigenvalue weighted by atomic mass is 32.2. The summed E-state index contributed by atoms with van der Waals surface area (Å²) in [6.45, 7) is 4.00. The first-order valence-electron chi connectivity index (χ1n) is 7.49. The third kappa shape index (κ3) is 6.68. The van der Waals surface area contributed by atoms with E-state index in [1.807, 2.05) is 74.7 Å². The van der Waals surface area contributed by atoms with Gasteiger partial charge < -0.3 is 10.6 Å². The van der Waals surface area contributed by atoms with Crippen LogP contribution in [0.1, 0.15) is 20.3 Å². The lowest BCUT2D eigenvalue weighted by Gasteiger charge is -2.08. The lowest BCUT2D eigenvalue weighted by atomic mass is 10.2. The Hall–Kier alpha value is -1.94. The molecule has 1 amide bonds. The van der Waals surface area contributed by atoms with Crippen LogP contribution in [0, 0.1) is 0 Å². The molecule has 0 aliphatic carbocycles. The van der Waals surface area contributed by atoms with E-state index in [2.05, 4.69) is 10.6 Å². The second-order valence-electron chi connectivity index (χ2n) is 4.36. The van der Waals surface area contributed by atoms with Gasteiger partial charge in [0.2, 0.25) is 5.91 Å². The van der Waals surface area contributed by atoms with Crippen molar-refractivity contribution in [2.75, 3.05) is 22.6 Å². The topological polar surface area (TPSA) is 41.1 Å². The minimum absolute atomic E-state index is 0.0584. The molecule has 0 radical (unpaired) electrons. The lowest BCUT2D eigenvalue weighted by molar-refractivity contribution is -0.115. The van der Waals surface area contributed by atoms with Crippen molar-refractivity contribution in [1.82, 2.24) is 0 Å². The Labute approximate surface area is 137 Å². The Morgan fingerprint density at radius 3 is 2.05 bits per heavy atom. The molecule has 0 fully saturated rings. The zero-order valence-corrected chi connectivity index (χ0v) is 14.2. The molecule has 0 bridgehead atoms. The second-order valence-corrected chi connectivity index (χ2v) is 5.34. The largest absolute Gasteiger partial charge is 0.356 e. The number of amides is 1. The fourth-order valence-electron chi connectivity index (χ4n) is 1.74. The first kappa shape index (κ1) is 18.1. The fourth-order valence-corrected chi connectivity index (χ4v) is 2.13. The van der Waals surface area contributed by atoms with Crippen molar-refractivity contribution in [3.63, 3.8) is 0 Å². The van der Waals surface area contributed by atoms with E-state index in [1.54, 1.807) is 11.8 Å². The Morgan fingerprint density at radius 2 is 1.45 bits per heavy atom. The van der Waals surface area contributed by atoms with E-state index in [0.29, 0.717) is 6.42 Å². The van der Waals surface area contributed by atoms with Crippen molar-refractivity contribution in [2.45, 2.75) is 20.3 Å². The van der Waals surface area contributed by atoms with Crippen LogP contribution >= 0.6 is 11.8 Å². The number of nitrogens with one attached hydrogen (secondary N) is 2. The maximum absolute atomic E-state index is 11.6. The van der Waals surface area contributed by atoms with Gasteiger partial charge in [-0.15, -0.1) is 0 Å². The molecule has 22 heavy (non-hydrogen) atoms. The number of hydrogen-bond donors (Lipinski definition) is 2. The smallest absolute Gasteiger partial charge is 0.225 e. The van der Waals surface area contributed by atoms with Gasteiger partial charge in [0.1, 0.15) is 0 Å². The summed E-state index contributed by atoms with van der Waals surface area (Å²) in [6.07, 6.45) is 2.54. The van der Waals surface area contributed by atoms with Crippen molar-refractivity contribution < 1.29 is 4.79 Å². The number of anilines is 3. The predicted molar refractivity (Wildman–Crippen MR) is 99.1 cm³/mol. The molecule has 0 aliphatic rings. The van der Waals surface area contributed by atoms with E-state index in [0.717, 1.165) is 22.8 Å². The zero-order valence-electron chi connectivity index (χ0n) is 13.4. The minimum atomic E-state index is 0.0584. The standard InChI is InChI=1S/C16H18N2OS.C2H6/c1-20-12-11-16(19)18-15-9-7-14(8-10-15)17-13-5-3-2-4-6-13;1-2/h2-10,17H,11-12H2,1H3,(H,18,19);1-2H3. The number of benzene rings is 2. The summed E-state index contributed by atoms with van der Waals surface area (Å²) in [5.74, 6) is 0.905. The molecule has 0 heterocycles. The molecular formula is C18H24N2OS. The predicted octanol–water partition coefficient (Wildman–Crippen LogP) is 5.15. The van der Waals surface area contributed by atoms with Crippen LogP contribution in [0.3, 0.4) is 0 Å². The summed E-state index contributed by atoms with van der Waals surface area (Å²) < 4.78 is 0. The average Bonchev–Trinajstić information content (AvgIpc) is 2.57. The number of para-hydroxylation sites is 1. The molecule has 2 N–H and O–H groups in total. The number of carbonyl (C=O) groups excluding carboxylic acids is 1. The average molecular weight is 316 g/mol. The SMILES string of the molecule is CC.CSCCC(=O)Nc1ccc(Nc2ccccc2)cc1. The molecule has 0 aromatic heterocycles. The summed E-state index contributed by atoms with van der Waals surface area (Å²) in [7, 11) is 0. The molecule has 118 valence electrons. The summed E-state index contributed by atoms with van der Waals surface area (Å²) in [5.41, 5.74) is 2.87. The Morgan fingerprint density at radius 1 is 0.909 bits per heavy atom. The molecule has 2 rings (SSSR count). The molecule has 0 aliphatic heterocycles. The summed E-state index contributed by atoms with van der Waals surface area (Å²) in [5, 5.41) is 6.19. The quantitative estimate of drug-likeness (QED) is 0.774. The highest BCUT2D eigenvalue weighted by molar-refractivity contribution is 7.98. The third-order valence-corrected chi connectivity index (χ3v) is 3.38. The van der Waals surface area contributed by atoms with Crippen molar-refractivity contribution in [3.05, 3.63) is 54.6 Å². The molecule has 4 heteroatoms. The zero-order chi connectivity index (χ0) is 16.2. The van der Waals surface area contributed by atoms with Gasteiger partial charge in [0.05, 0.1) is 0 Å². The van der Waals surface area contributed by atoms with Crippen molar-refractivity contribution in [2.24, 2.45) is 0 Å². The van der Waals surface area contributed by atoms with Gasteiger partial charge in [0.25, 0.3) is 0 Å². The number of hydrogen-bond acceptors (Lipinski definition) is 3. The third-order valence-electron chi connectivity index (χ3n) is 2.76. The van der Waals surface area contributed by atoms with Crippen LogP contribution in [-0.4, -0.2) is 17.9 Å². The van der Waals surface area contributed by atoms with Crippen LogP contribution in [0.5, 0.6) is 0 Å². The summed E-state index contributed by atoms with van der Waals surface area (Å²) in [4.78, 5) is 11.6. The summed E-state index contributed by atoms with van der Waals surface area (Å²) >= 11 is 1.67. The molecule has 2 aromatic rings. The molecule has 0 saturated carbocycles. The van der Waals surface area contributed by atoms with E-state index in [-0.39, 0.29) is 5.91 Å². The maximum Gasteiger partial charge on any atom is 0.225 e. The van der Waals surface area contributed by atoms with Gasteiger partial charge in [-0.2, -0.15) is 11.8 Å². The minimum Gasteiger partial charge on any atom is -0.356 e. The highest BCUT2D eigenvalue weighted by Crippen LogP contribution is 2.18. The van der Waals surface area contributed by atoms with Gasteiger partial charge in [0, 0.05) is 29.2 Å². The normalized spacial score (nSPS) is 9.41. The molecule has 0 unspecified atom stereocenters. The van der Waals surface area contributed by atoms with Crippen LogP contribution in [0.2, 0.25) is 0 Å². The van der Waals surface area contributed by atoms with Gasteiger partial charge in [-0.3, -0.25) is 4.79 Å². The highest BCUT2D eigenvalue weighted by Gasteiger charge is 2.01. The molecule has 0 atom stereocenters. The van der Waals surface area contributed by atoms with E-state index in [1.165, 1.54) is 0 Å². The Bertz CT molecular complexity index is 541. The van der Waals surface area contributed by atoms with Crippen LogP contribution in [-0.2, 0) is 4.79 Å². The van der Waals surface area contributed by atoms with Crippen LogP contribution < -0.4 is 10.6 Å². The van der Waals surface area contributed by atoms with E-state index in [4.69, 9.17) is 0 Å². The Kier molecular flexibility index (Phi) is 8.84. The van der Waals surface area contributed by atoms with E-state index < -0.39 is 0 Å². The van der Waals surface area contributed by atoms with E-state index in [9.17, 15) is 4.79 Å². The van der Waals surface area contributed by atoms with Gasteiger partial charge >= 0.3 is 0 Å². The fraction of sp³-hybridized carbons (Fsp3) is 0.278. The van der Waals surface area contributed by atoms with Gasteiger partial charge in [0.15, 0.2) is 0 Å². The van der Waals surface area contributed by atoms with Crippen LogP contribution in [0.25, 0.3) is 0 Å². The molecule has 3 nitrogen and oxygen atoms in total. The van der Waals surface area contributed by atoms with Crippen LogP contribution in [0.4, 0.5) is 17.1 Å². The maximum atomic E-state index is 11.6. The van der Waals surface area contributed by atoms with Gasteiger partial charge in [-0.1, -0.05) is 32.0 Å². The molecule has 0 spiro atoms. The van der Waals surface area contributed by atoms with Crippen molar-refractivity contribution in [1.29, 1.82) is 0 Å². The van der Waals surface area contributed by atoms with Crippen LogP contribution in [0.15, 0.2) is 54.6 Å². The van der Waals surface area contributed by atoms with Gasteiger partial charge in [-0.25, -0.2) is 0 Å². The molecular weight excluding hydrogens is 292 g/mol. The summed E-state index contributed by atoms with van der Waals surface area (Å²) in [6, 6.07) is 17.7. The first-order valence-corrected chi connectivity index (χ1v) is 8.88. The van der Waals surface area contributed by atoms with Crippen molar-refractivity contribution >= 4 is 34.7 Å². The van der Waals surface area contributed by atoms with Gasteiger partial charge in [-0.05, 0) is 42.7 Å². The Balaban J connectivity index is 0.00000116. The first-order chi connectivity index (χ1) is 10.8. The number of thioether (sulfide) groups is 1. The second kappa shape index (κ2) is 10.7. The number of carbonyl (C=O) groups is 1. The van der Waals surface area contributed by atoms with E-state index >= 15 is 0 Å². The van der Waals surface area contributed by atoms with Crippen molar-refractivity contribution in [3.8, 4) is 0 Å². The molecule has 2 aromatic carbocycles. The molecule has 0 saturated heterocycles. The number of rotatable bonds is 6. The lowest BCUT2D eigenvalue weighted by Crippen LogP contribution is -2.11.